The maximum absolute atomic E-state index is 14.4. The van der Waals surface area contributed by atoms with Gasteiger partial charge in [-0.05, 0) is 55.9 Å². The van der Waals surface area contributed by atoms with Crippen molar-refractivity contribution in [3.8, 4) is 11.1 Å². The Morgan fingerprint density at radius 2 is 1.41 bits per heavy atom. The van der Waals surface area contributed by atoms with Crippen LogP contribution in [0.5, 0.6) is 0 Å². The summed E-state index contributed by atoms with van der Waals surface area (Å²) in [6.07, 6.45) is -0.521. The zero-order chi connectivity index (χ0) is 33.7. The molecule has 49 heavy (non-hydrogen) atoms. The van der Waals surface area contributed by atoms with Crippen LogP contribution in [0.1, 0.15) is 22.8 Å². The van der Waals surface area contributed by atoms with Crippen molar-refractivity contribution in [3.05, 3.63) is 171 Å². The molecule has 2 aliphatic heterocycles. The lowest BCUT2D eigenvalue weighted by atomic mass is 10.0. The van der Waals surface area contributed by atoms with Crippen molar-refractivity contribution in [1.29, 1.82) is 0 Å². The van der Waals surface area contributed by atoms with Crippen LogP contribution in [-0.4, -0.2) is 39.9 Å². The molecule has 2 aliphatic rings. The molecule has 0 unspecified atom stereocenters. The fourth-order valence-corrected chi connectivity index (χ4v) is 9.03. The highest BCUT2D eigenvalue weighted by atomic mass is 79.9. The van der Waals surface area contributed by atoms with Crippen molar-refractivity contribution >= 4 is 57.2 Å². The summed E-state index contributed by atoms with van der Waals surface area (Å²) in [5.41, 5.74) is 4.86. The van der Waals surface area contributed by atoms with Gasteiger partial charge in [0.15, 0.2) is 6.10 Å². The van der Waals surface area contributed by atoms with Gasteiger partial charge >= 0.3 is 5.97 Å². The second-order valence-electron chi connectivity index (χ2n) is 11.6. The van der Waals surface area contributed by atoms with E-state index in [0.29, 0.717) is 10.7 Å². The molecule has 0 bridgehead atoms. The van der Waals surface area contributed by atoms with Crippen molar-refractivity contribution in [3.63, 3.8) is 0 Å². The molecule has 0 aromatic heterocycles. The number of carbonyl (C=O) groups excluding carboxylic acids is 3. The van der Waals surface area contributed by atoms with Crippen LogP contribution in [0.25, 0.3) is 11.1 Å². The average Bonchev–Trinajstić information content (AvgIpc) is 3.14. The van der Waals surface area contributed by atoms with Crippen LogP contribution in [0, 0.1) is 0 Å². The SMILES string of the molecule is O=C(Cc1ccccc1)N[C@@H]1C(=O)N2C(C(=O)OC(c3ccccc3)c3ccccc3)=C(Sc3ccc(-c4ccccc4)cc3Br)CS[C@H]12. The first kappa shape index (κ1) is 33.0. The molecule has 5 aromatic carbocycles. The Bertz CT molecular complexity index is 1970. The molecule has 0 aliphatic carbocycles. The van der Waals surface area contributed by atoms with Gasteiger partial charge in [-0.1, -0.05) is 139 Å². The summed E-state index contributed by atoms with van der Waals surface area (Å²) in [5.74, 6) is -0.708. The molecule has 1 N–H and O–H groups in total. The van der Waals surface area contributed by atoms with E-state index in [-0.39, 0.29) is 23.9 Å². The van der Waals surface area contributed by atoms with E-state index in [0.717, 1.165) is 37.2 Å². The van der Waals surface area contributed by atoms with E-state index in [4.69, 9.17) is 4.74 Å². The lowest BCUT2D eigenvalue weighted by Crippen LogP contribution is -2.70. The van der Waals surface area contributed by atoms with Crippen molar-refractivity contribution in [2.45, 2.75) is 28.8 Å². The van der Waals surface area contributed by atoms with Gasteiger partial charge in [-0.25, -0.2) is 4.79 Å². The Hall–Kier alpha value is -4.57. The summed E-state index contributed by atoms with van der Waals surface area (Å²) in [5, 5.41) is 2.49. The van der Waals surface area contributed by atoms with Gasteiger partial charge in [-0.2, -0.15) is 0 Å². The summed E-state index contributed by atoms with van der Waals surface area (Å²) in [7, 11) is 0. The first-order valence-electron chi connectivity index (χ1n) is 15.8. The quantitative estimate of drug-likeness (QED) is 0.114. The third-order valence-corrected chi connectivity index (χ3v) is 11.9. The third-order valence-electron chi connectivity index (χ3n) is 8.35. The third kappa shape index (κ3) is 7.25. The summed E-state index contributed by atoms with van der Waals surface area (Å²) >= 11 is 6.72. The minimum atomic E-state index is -0.744. The summed E-state index contributed by atoms with van der Waals surface area (Å²) < 4.78 is 7.19. The number of halogens is 1. The molecule has 0 radical (unpaired) electrons. The van der Waals surface area contributed by atoms with Gasteiger partial charge in [0.2, 0.25) is 5.91 Å². The Kier molecular flexibility index (Phi) is 10.0. The number of β-lactam (4-membered cyclic amide) rings is 1. The largest absolute Gasteiger partial charge is 0.448 e. The van der Waals surface area contributed by atoms with Crippen LogP contribution < -0.4 is 5.32 Å². The molecule has 0 saturated carbocycles. The minimum absolute atomic E-state index is 0.163. The lowest BCUT2D eigenvalue weighted by molar-refractivity contribution is -0.154. The normalized spacial score (nSPS) is 16.9. The maximum atomic E-state index is 14.4. The first-order chi connectivity index (χ1) is 24.0. The zero-order valence-corrected chi connectivity index (χ0v) is 29.4. The summed E-state index contributed by atoms with van der Waals surface area (Å²) in [6, 6.07) is 44.1. The molecule has 244 valence electrons. The van der Waals surface area contributed by atoms with E-state index in [2.05, 4.69) is 39.4 Å². The molecule has 2 atom stereocenters. The number of esters is 1. The van der Waals surface area contributed by atoms with Crippen molar-refractivity contribution in [2.75, 3.05) is 5.75 Å². The molecular formula is C40H31BrN2O4S2. The molecule has 5 aromatic rings. The highest BCUT2D eigenvalue weighted by Crippen LogP contribution is 2.47. The van der Waals surface area contributed by atoms with Gasteiger partial charge < -0.3 is 10.1 Å². The van der Waals surface area contributed by atoms with Crippen molar-refractivity contribution in [1.82, 2.24) is 10.2 Å². The Morgan fingerprint density at radius 1 is 0.816 bits per heavy atom. The number of hydrogen-bond acceptors (Lipinski definition) is 6. The van der Waals surface area contributed by atoms with E-state index in [1.165, 1.54) is 28.4 Å². The second kappa shape index (κ2) is 14.9. The number of carbonyl (C=O) groups is 3. The average molecular weight is 748 g/mol. The fourth-order valence-electron chi connectivity index (χ4n) is 5.94. The summed E-state index contributed by atoms with van der Waals surface area (Å²) in [6.45, 7) is 0. The minimum Gasteiger partial charge on any atom is -0.448 e. The van der Waals surface area contributed by atoms with Gasteiger partial charge in [0.1, 0.15) is 17.1 Å². The first-order valence-corrected chi connectivity index (χ1v) is 18.5. The number of hydrogen-bond donors (Lipinski definition) is 1. The molecule has 0 spiro atoms. The molecule has 2 heterocycles. The molecule has 2 amide bonds. The Balaban J connectivity index is 1.20. The van der Waals surface area contributed by atoms with Gasteiger partial charge in [0, 0.05) is 20.0 Å². The van der Waals surface area contributed by atoms with Crippen LogP contribution in [0.3, 0.4) is 0 Å². The van der Waals surface area contributed by atoms with Gasteiger partial charge in [0.05, 0.1) is 6.42 Å². The van der Waals surface area contributed by atoms with Crippen LogP contribution in [-0.2, 0) is 25.5 Å². The number of amides is 2. The van der Waals surface area contributed by atoms with E-state index in [1.54, 1.807) is 0 Å². The predicted octanol–water partition coefficient (Wildman–Crippen LogP) is 8.40. The van der Waals surface area contributed by atoms with Crippen molar-refractivity contribution in [2.24, 2.45) is 0 Å². The number of thioether (sulfide) groups is 2. The second-order valence-corrected chi connectivity index (χ2v) is 14.7. The molecule has 9 heteroatoms. The van der Waals surface area contributed by atoms with E-state index in [1.807, 2.05) is 121 Å². The molecular weight excluding hydrogens is 716 g/mol. The molecule has 1 saturated heterocycles. The van der Waals surface area contributed by atoms with Gasteiger partial charge in [-0.15, -0.1) is 11.8 Å². The molecule has 7 rings (SSSR count). The van der Waals surface area contributed by atoms with Crippen LogP contribution in [0.2, 0.25) is 0 Å². The highest BCUT2D eigenvalue weighted by molar-refractivity contribution is 9.10. The Morgan fingerprint density at radius 3 is 2.02 bits per heavy atom. The zero-order valence-electron chi connectivity index (χ0n) is 26.2. The number of fused-ring (bicyclic) bond motifs is 1. The van der Waals surface area contributed by atoms with E-state index < -0.39 is 23.5 Å². The van der Waals surface area contributed by atoms with Gasteiger partial charge in [0.25, 0.3) is 5.91 Å². The number of nitrogens with zero attached hydrogens (tertiary/aromatic N) is 1. The van der Waals surface area contributed by atoms with Crippen LogP contribution in [0.15, 0.2) is 159 Å². The standard InChI is InChI=1S/C40H31BrN2O4S2/c41-31-24-30(27-15-7-2-8-16-27)21-22-32(31)49-33-25-48-39-35(42-34(44)23-26-13-5-1-6-14-26)38(45)43(39)36(33)40(46)47-37(28-17-9-3-10-18-28)29-19-11-4-12-20-29/h1-22,24,35,37,39H,23,25H2,(H,42,44)/t35-,39-/m1/s1. The van der Waals surface area contributed by atoms with Crippen LogP contribution in [0.4, 0.5) is 0 Å². The number of nitrogens with one attached hydrogen (secondary N) is 1. The predicted molar refractivity (Wildman–Crippen MR) is 198 cm³/mol. The summed E-state index contributed by atoms with van der Waals surface area (Å²) in [4.78, 5) is 44.3. The van der Waals surface area contributed by atoms with Crippen molar-refractivity contribution < 1.29 is 19.1 Å². The molecule has 1 fully saturated rings. The smallest absolute Gasteiger partial charge is 0.356 e. The highest BCUT2D eigenvalue weighted by Gasteiger charge is 2.54. The van der Waals surface area contributed by atoms with Gasteiger partial charge in [-0.3, -0.25) is 14.5 Å². The van der Waals surface area contributed by atoms with E-state index in [9.17, 15) is 14.4 Å². The number of rotatable bonds is 10. The van der Waals surface area contributed by atoms with Crippen LogP contribution >= 0.6 is 39.5 Å². The number of ether oxygens (including phenoxy) is 1. The Labute approximate surface area is 302 Å². The lowest BCUT2D eigenvalue weighted by Gasteiger charge is -2.49. The monoisotopic (exact) mass is 746 g/mol. The topological polar surface area (TPSA) is 75.7 Å². The number of benzene rings is 5. The fraction of sp³-hybridized carbons (Fsp3) is 0.125. The molecule has 6 nitrogen and oxygen atoms in total. The van der Waals surface area contributed by atoms with E-state index >= 15 is 0 Å². The maximum Gasteiger partial charge on any atom is 0.356 e.